The lowest BCUT2D eigenvalue weighted by molar-refractivity contribution is -0.149. The average molecular weight is 408 g/mol. The van der Waals surface area contributed by atoms with Crippen LogP contribution in [0.5, 0.6) is 0 Å². The third kappa shape index (κ3) is 4.06. The molecule has 152 valence electrons. The molecule has 13 nitrogen and oxygen atoms in total. The predicted octanol–water partition coefficient (Wildman–Crippen LogP) is -3.40. The highest BCUT2D eigenvalue weighted by atomic mass is 31.2. The van der Waals surface area contributed by atoms with E-state index in [0.29, 0.717) is 0 Å². The van der Waals surface area contributed by atoms with Crippen molar-refractivity contribution in [2.24, 2.45) is 0 Å². The van der Waals surface area contributed by atoms with E-state index in [2.05, 4.69) is 4.98 Å². The van der Waals surface area contributed by atoms with Gasteiger partial charge in [-0.3, -0.25) is 4.57 Å². The van der Waals surface area contributed by atoms with Gasteiger partial charge in [0.2, 0.25) is 0 Å². The van der Waals surface area contributed by atoms with Crippen LogP contribution in [-0.2, 0) is 14.0 Å². The fraction of sp³-hybridized carbons (Fsp3) is 0.692. The van der Waals surface area contributed by atoms with Crippen LogP contribution in [0.4, 0.5) is 5.82 Å². The number of aromatic nitrogens is 2. The van der Waals surface area contributed by atoms with E-state index in [1.54, 1.807) is 0 Å². The second-order valence-electron chi connectivity index (χ2n) is 6.34. The molecular weight excluding hydrogens is 387 g/mol. The zero-order valence-electron chi connectivity index (χ0n) is 14.0. The van der Waals surface area contributed by atoms with Crippen molar-refractivity contribution >= 4 is 13.6 Å². The van der Waals surface area contributed by atoms with Gasteiger partial charge < -0.3 is 40.3 Å². The maximum Gasteiger partial charge on any atom is 0.403 e. The zero-order chi connectivity index (χ0) is 19.9. The minimum atomic E-state index is -4.52. The van der Waals surface area contributed by atoms with Crippen LogP contribution < -0.4 is 11.4 Å². The van der Waals surface area contributed by atoms with Crippen LogP contribution in [0.15, 0.2) is 17.1 Å². The van der Waals surface area contributed by atoms with E-state index in [1.165, 1.54) is 12.3 Å². The topological polar surface area (TPSA) is 201 Å². The minimum Gasteiger partial charge on any atom is -0.388 e. The van der Waals surface area contributed by atoms with Crippen LogP contribution in [0.1, 0.15) is 6.23 Å². The Kier molecular flexibility index (Phi) is 5.68. The van der Waals surface area contributed by atoms with Crippen molar-refractivity contribution < 1.29 is 39.1 Å². The normalized spacial score (nSPS) is 33.9. The molecule has 14 heteroatoms. The molecule has 2 aliphatic rings. The Bertz CT molecular complexity index is 785. The van der Waals surface area contributed by atoms with Gasteiger partial charge >= 0.3 is 13.4 Å². The number of nitrogen functional groups attached to an aromatic ring is 1. The first-order valence-corrected chi connectivity index (χ1v) is 9.63. The van der Waals surface area contributed by atoms with Gasteiger partial charge in [0.25, 0.3) is 0 Å². The average Bonchev–Trinajstić information content (AvgIpc) is 2.89. The smallest absolute Gasteiger partial charge is 0.388 e. The highest BCUT2D eigenvalue weighted by molar-refractivity contribution is 7.49. The lowest BCUT2D eigenvalue weighted by Crippen LogP contribution is -2.52. The number of nitrogens with zero attached hydrogens (tertiary/aromatic N) is 3. The molecule has 27 heavy (non-hydrogen) atoms. The maximum atomic E-state index is 11.9. The Balaban J connectivity index is 1.77. The van der Waals surface area contributed by atoms with E-state index < -0.39 is 50.2 Å². The van der Waals surface area contributed by atoms with E-state index in [9.17, 15) is 34.5 Å². The van der Waals surface area contributed by atoms with E-state index in [0.717, 1.165) is 9.24 Å². The summed E-state index contributed by atoms with van der Waals surface area (Å²) in [7, 11) is -4.52. The highest BCUT2D eigenvalue weighted by Crippen LogP contribution is 2.41. The summed E-state index contributed by atoms with van der Waals surface area (Å²) in [4.78, 5) is 34.0. The number of ether oxygens (including phenoxy) is 2. The molecule has 7 N–H and O–H groups in total. The van der Waals surface area contributed by atoms with Crippen molar-refractivity contribution in [3.8, 4) is 0 Å². The lowest BCUT2D eigenvalue weighted by atomic mass is 10.0. The monoisotopic (exact) mass is 408 g/mol. The SMILES string of the molecule is Nc1ccn([C@@H]2O[C@H](C(O)C3CN(P(=O)(O)O)CCO3)[C@@H](O)[C@@H]2O)c(=O)n1. The van der Waals surface area contributed by atoms with Crippen LogP contribution in [-0.4, -0.2) is 89.5 Å². The third-order valence-corrected chi connectivity index (χ3v) is 5.66. The number of rotatable bonds is 4. The van der Waals surface area contributed by atoms with Gasteiger partial charge in [0, 0.05) is 19.3 Å². The molecule has 2 fully saturated rings. The molecule has 6 atom stereocenters. The van der Waals surface area contributed by atoms with E-state index in [1.807, 2.05) is 0 Å². The summed E-state index contributed by atoms with van der Waals surface area (Å²) in [6.45, 7) is -0.384. The number of nitrogens with two attached hydrogens (primary N) is 1. The molecule has 2 aliphatic heterocycles. The van der Waals surface area contributed by atoms with Crippen molar-refractivity contribution in [3.63, 3.8) is 0 Å². The van der Waals surface area contributed by atoms with Crippen LogP contribution in [0.2, 0.25) is 0 Å². The molecular formula is C13H21N4O9P. The van der Waals surface area contributed by atoms with Crippen LogP contribution >= 0.6 is 7.75 Å². The van der Waals surface area contributed by atoms with Gasteiger partial charge in [-0.25, -0.2) is 14.0 Å². The summed E-state index contributed by atoms with van der Waals surface area (Å²) < 4.78 is 24.0. The first-order valence-electron chi connectivity index (χ1n) is 8.06. The van der Waals surface area contributed by atoms with Crippen LogP contribution in [0, 0.1) is 0 Å². The predicted molar refractivity (Wildman–Crippen MR) is 88.2 cm³/mol. The first kappa shape index (κ1) is 20.3. The van der Waals surface area contributed by atoms with Gasteiger partial charge in [-0.15, -0.1) is 0 Å². The summed E-state index contributed by atoms with van der Waals surface area (Å²) in [6, 6.07) is 1.30. The molecule has 1 aromatic heterocycles. The van der Waals surface area contributed by atoms with Crippen molar-refractivity contribution in [2.75, 3.05) is 25.4 Å². The second kappa shape index (κ2) is 7.54. The van der Waals surface area contributed by atoms with Gasteiger partial charge in [0.05, 0.1) is 12.7 Å². The summed E-state index contributed by atoms with van der Waals surface area (Å²) in [5, 5.41) is 31.0. The summed E-state index contributed by atoms with van der Waals surface area (Å²) in [6.07, 6.45) is -7.22. The van der Waals surface area contributed by atoms with E-state index in [4.69, 9.17) is 15.2 Å². The number of hydrogen-bond donors (Lipinski definition) is 6. The maximum absolute atomic E-state index is 11.9. The number of morpholine rings is 1. The molecule has 0 bridgehead atoms. The Hall–Kier alpha value is -1.41. The minimum absolute atomic E-state index is 0.0284. The molecule has 0 spiro atoms. The molecule has 0 amide bonds. The number of anilines is 1. The van der Waals surface area contributed by atoms with Gasteiger partial charge in [-0.05, 0) is 6.07 Å². The summed E-state index contributed by atoms with van der Waals surface area (Å²) in [5.74, 6) is -0.0333. The van der Waals surface area contributed by atoms with Gasteiger partial charge in [0.1, 0.15) is 30.2 Å². The van der Waals surface area contributed by atoms with Crippen molar-refractivity contribution in [1.29, 1.82) is 0 Å². The van der Waals surface area contributed by atoms with Gasteiger partial charge in [-0.1, -0.05) is 0 Å². The Labute approximate surface area is 152 Å². The number of aliphatic hydroxyl groups is 3. The quantitative estimate of drug-likeness (QED) is 0.270. The standard InChI is InChI=1S/C13H21N4O9P/c14-7-1-2-17(13(21)15-7)12-10(20)9(19)11(26-12)8(18)6-5-16(3-4-25-6)27(22,23)24/h1-2,6,8-12,18-20H,3-5H2,(H2,14,15,21)(H2,22,23,24)/t6?,8?,9-,10-,11+,12+/m0/s1. The largest absolute Gasteiger partial charge is 0.403 e. The van der Waals surface area contributed by atoms with E-state index in [-0.39, 0.29) is 25.5 Å². The molecule has 3 heterocycles. The second-order valence-corrected chi connectivity index (χ2v) is 7.93. The number of aliphatic hydroxyl groups excluding tert-OH is 3. The third-order valence-electron chi connectivity index (χ3n) is 4.56. The summed E-state index contributed by atoms with van der Waals surface area (Å²) >= 11 is 0. The molecule has 2 saturated heterocycles. The Morgan fingerprint density at radius 2 is 2.04 bits per heavy atom. The summed E-state index contributed by atoms with van der Waals surface area (Å²) in [5.41, 5.74) is 4.59. The lowest BCUT2D eigenvalue weighted by Gasteiger charge is -2.36. The van der Waals surface area contributed by atoms with Gasteiger partial charge in [-0.2, -0.15) is 4.98 Å². The molecule has 0 aromatic carbocycles. The van der Waals surface area contributed by atoms with Crippen molar-refractivity contribution in [1.82, 2.24) is 14.2 Å². The van der Waals surface area contributed by atoms with Crippen LogP contribution in [0.25, 0.3) is 0 Å². The fourth-order valence-corrected chi connectivity index (χ4v) is 3.85. The Morgan fingerprint density at radius 1 is 1.33 bits per heavy atom. The zero-order valence-corrected chi connectivity index (χ0v) is 14.9. The molecule has 3 rings (SSSR count). The molecule has 0 aliphatic carbocycles. The van der Waals surface area contributed by atoms with Crippen LogP contribution in [0.3, 0.4) is 0 Å². The van der Waals surface area contributed by atoms with Crippen molar-refractivity contribution in [2.45, 2.75) is 36.7 Å². The Morgan fingerprint density at radius 3 is 2.67 bits per heavy atom. The molecule has 1 aromatic rings. The van der Waals surface area contributed by atoms with Crippen molar-refractivity contribution in [3.05, 3.63) is 22.7 Å². The van der Waals surface area contributed by atoms with E-state index >= 15 is 0 Å². The molecule has 2 unspecified atom stereocenters. The first-order chi connectivity index (χ1) is 12.6. The molecule has 0 radical (unpaired) electrons. The number of hydrogen-bond acceptors (Lipinski definition) is 9. The highest BCUT2D eigenvalue weighted by Gasteiger charge is 2.50. The van der Waals surface area contributed by atoms with Gasteiger partial charge in [0.15, 0.2) is 6.23 Å². The molecule has 0 saturated carbocycles. The fourth-order valence-electron chi connectivity index (χ4n) is 3.13.